The molecule has 2 aliphatic heterocycles. The zero-order valence-electron chi connectivity index (χ0n) is 17.9. The van der Waals surface area contributed by atoms with E-state index in [9.17, 15) is 19.2 Å². The largest absolute Gasteiger partial charge is 0.455 e. The summed E-state index contributed by atoms with van der Waals surface area (Å²) in [4.78, 5) is 48.9. The summed E-state index contributed by atoms with van der Waals surface area (Å²) < 4.78 is 6.61. The van der Waals surface area contributed by atoms with Gasteiger partial charge in [-0.2, -0.15) is 0 Å². The van der Waals surface area contributed by atoms with E-state index < -0.39 is 16.6 Å². The fourth-order valence-corrected chi connectivity index (χ4v) is 12.8. The molecule has 0 N–H and O–H groups in total. The maximum absolute atomic E-state index is 11.6. The van der Waals surface area contributed by atoms with E-state index in [-0.39, 0.29) is 23.6 Å². The average Bonchev–Trinajstić information content (AvgIpc) is 3.10. The summed E-state index contributed by atoms with van der Waals surface area (Å²) in [5.41, 5.74) is 0. The Labute approximate surface area is 175 Å². The highest BCUT2D eigenvalue weighted by Gasteiger charge is 2.33. The predicted octanol–water partition coefficient (Wildman–Crippen LogP) is 2.82. The van der Waals surface area contributed by atoms with Crippen molar-refractivity contribution in [1.82, 2.24) is 9.80 Å². The van der Waals surface area contributed by atoms with E-state index >= 15 is 0 Å². The van der Waals surface area contributed by atoms with E-state index in [1.54, 1.807) is 0 Å². The summed E-state index contributed by atoms with van der Waals surface area (Å²) in [5.74, 6) is -0.873. The summed E-state index contributed by atoms with van der Waals surface area (Å²) in [6.07, 6.45) is 8.77. The molecule has 0 bridgehead atoms. The molecule has 4 amide bonds. The molecule has 0 aromatic heterocycles. The van der Waals surface area contributed by atoms with Crippen molar-refractivity contribution in [3.63, 3.8) is 0 Å². The molecule has 0 aromatic carbocycles. The van der Waals surface area contributed by atoms with Crippen molar-refractivity contribution in [2.24, 2.45) is 0 Å². The second kappa shape index (κ2) is 9.77. The second-order valence-electron chi connectivity index (χ2n) is 8.86. The van der Waals surface area contributed by atoms with E-state index in [1.807, 2.05) is 0 Å². The van der Waals surface area contributed by atoms with Crippen molar-refractivity contribution >= 4 is 40.3 Å². The molecule has 0 aliphatic carbocycles. The topological polar surface area (TPSA) is 84.0 Å². The number of carbonyl (C=O) groups is 4. The van der Waals surface area contributed by atoms with Crippen LogP contribution in [0.5, 0.6) is 0 Å². The van der Waals surface area contributed by atoms with Gasteiger partial charge in [0.25, 0.3) is 23.6 Å². The molecule has 2 rings (SSSR count). The molecule has 2 aliphatic rings. The van der Waals surface area contributed by atoms with Gasteiger partial charge in [-0.05, 0) is 51.1 Å². The van der Waals surface area contributed by atoms with Crippen LogP contribution < -0.4 is 0 Å². The molecule has 9 heteroatoms. The second-order valence-corrected chi connectivity index (χ2v) is 17.7. The molecule has 0 fully saturated rings. The van der Waals surface area contributed by atoms with E-state index in [2.05, 4.69) is 26.2 Å². The number of unbranched alkanes of at least 4 members (excludes halogenated alkanes) is 2. The lowest BCUT2D eigenvalue weighted by Crippen LogP contribution is -2.44. The monoisotopic (exact) mass is 436 g/mol. The minimum Gasteiger partial charge on any atom is -0.455 e. The van der Waals surface area contributed by atoms with Crippen LogP contribution in [-0.2, 0) is 23.3 Å². The highest BCUT2D eigenvalue weighted by molar-refractivity contribution is 6.84. The summed E-state index contributed by atoms with van der Waals surface area (Å²) in [6, 6.07) is 1.99. The molecule has 0 spiro atoms. The Morgan fingerprint density at radius 3 is 1.24 bits per heavy atom. The Balaban J connectivity index is 1.65. The number of hydrogen-bond donors (Lipinski definition) is 0. The minimum atomic E-state index is -1.83. The third kappa shape index (κ3) is 7.16. The van der Waals surface area contributed by atoms with Gasteiger partial charge in [-0.15, -0.1) is 0 Å². The number of nitrogens with zero attached hydrogens (tertiary/aromatic N) is 2. The van der Waals surface area contributed by atoms with Crippen molar-refractivity contribution in [3.05, 3.63) is 24.3 Å². The summed E-state index contributed by atoms with van der Waals surface area (Å²) in [6.45, 7) is 9.84. The lowest BCUT2D eigenvalue weighted by atomic mass is 10.3. The van der Waals surface area contributed by atoms with Gasteiger partial charge in [0.1, 0.15) is 0 Å². The molecule has 29 heavy (non-hydrogen) atoms. The highest BCUT2D eigenvalue weighted by atomic mass is 28.4. The van der Waals surface area contributed by atoms with Crippen LogP contribution in [0.15, 0.2) is 24.3 Å². The average molecular weight is 437 g/mol. The Morgan fingerprint density at radius 1 is 0.621 bits per heavy atom. The van der Waals surface area contributed by atoms with Crippen molar-refractivity contribution in [3.8, 4) is 0 Å². The van der Waals surface area contributed by atoms with E-state index in [1.165, 1.54) is 34.1 Å². The first-order valence-electron chi connectivity index (χ1n) is 10.3. The normalized spacial score (nSPS) is 17.4. The Hall–Kier alpha value is -1.85. The van der Waals surface area contributed by atoms with Crippen molar-refractivity contribution in [2.75, 3.05) is 13.1 Å². The van der Waals surface area contributed by atoms with Gasteiger partial charge in [0, 0.05) is 37.4 Å². The Kier molecular flexibility index (Phi) is 7.89. The molecule has 0 saturated carbocycles. The van der Waals surface area contributed by atoms with Gasteiger partial charge in [-0.25, -0.2) is 0 Å². The first kappa shape index (κ1) is 23.4. The number of carbonyl (C=O) groups excluding carboxylic acids is 4. The standard InChI is InChI=1S/C20H32N2O5Si2/c1-28(2,15-7-5-13-21-17(23)9-10-18(21)24)27-29(3,4)16-8-6-14-22-19(25)11-12-20(22)26/h9-12H,5-8,13-16H2,1-4H3. The van der Waals surface area contributed by atoms with Gasteiger partial charge in [0.2, 0.25) is 0 Å². The fourth-order valence-electron chi connectivity index (χ4n) is 3.79. The molecule has 0 atom stereocenters. The van der Waals surface area contributed by atoms with Crippen LogP contribution in [0.3, 0.4) is 0 Å². The summed E-state index contributed by atoms with van der Waals surface area (Å²) >= 11 is 0. The lowest BCUT2D eigenvalue weighted by Gasteiger charge is -2.34. The van der Waals surface area contributed by atoms with Crippen LogP contribution in [-0.4, -0.2) is 63.2 Å². The summed E-state index contributed by atoms with van der Waals surface area (Å²) in [7, 11) is -3.66. The third-order valence-corrected chi connectivity index (χ3v) is 12.7. The molecule has 0 radical (unpaired) electrons. The van der Waals surface area contributed by atoms with Crippen LogP contribution in [0.2, 0.25) is 38.3 Å². The lowest BCUT2D eigenvalue weighted by molar-refractivity contribution is -0.138. The first-order valence-corrected chi connectivity index (χ1v) is 16.5. The zero-order valence-corrected chi connectivity index (χ0v) is 19.9. The van der Waals surface area contributed by atoms with Gasteiger partial charge in [0.15, 0.2) is 16.6 Å². The smallest absolute Gasteiger partial charge is 0.253 e. The Bertz CT molecular complexity index is 634. The third-order valence-electron chi connectivity index (χ3n) is 5.17. The quantitative estimate of drug-likeness (QED) is 0.267. The van der Waals surface area contributed by atoms with Crippen LogP contribution in [0, 0.1) is 0 Å². The van der Waals surface area contributed by atoms with Crippen molar-refractivity contribution in [2.45, 2.75) is 64.0 Å². The van der Waals surface area contributed by atoms with Gasteiger partial charge >= 0.3 is 0 Å². The fraction of sp³-hybridized carbons (Fsp3) is 0.600. The van der Waals surface area contributed by atoms with E-state index in [0.717, 1.165) is 37.8 Å². The van der Waals surface area contributed by atoms with Crippen molar-refractivity contribution in [1.29, 1.82) is 0 Å². The predicted molar refractivity (Wildman–Crippen MR) is 116 cm³/mol. The van der Waals surface area contributed by atoms with E-state index in [4.69, 9.17) is 4.12 Å². The maximum atomic E-state index is 11.6. The number of rotatable bonds is 12. The number of imide groups is 2. The molecule has 0 unspecified atom stereocenters. The molecular formula is C20H32N2O5Si2. The van der Waals surface area contributed by atoms with Crippen LogP contribution in [0.4, 0.5) is 0 Å². The molecule has 7 nitrogen and oxygen atoms in total. The van der Waals surface area contributed by atoms with Crippen molar-refractivity contribution < 1.29 is 23.3 Å². The number of hydrogen-bond acceptors (Lipinski definition) is 5. The molecule has 0 aromatic rings. The number of amides is 4. The SMILES string of the molecule is C[Si](C)(CCCCN1C(=O)C=CC1=O)O[Si](C)(C)CCCCN1C(=O)C=CC1=O. The maximum Gasteiger partial charge on any atom is 0.253 e. The first-order chi connectivity index (χ1) is 13.5. The van der Waals surface area contributed by atoms with Gasteiger partial charge in [-0.3, -0.25) is 29.0 Å². The van der Waals surface area contributed by atoms with Crippen LogP contribution in [0.25, 0.3) is 0 Å². The Morgan fingerprint density at radius 2 is 0.931 bits per heavy atom. The minimum absolute atomic E-state index is 0.218. The summed E-state index contributed by atoms with van der Waals surface area (Å²) in [5, 5.41) is 0. The van der Waals surface area contributed by atoms with E-state index in [0.29, 0.717) is 13.1 Å². The van der Waals surface area contributed by atoms with Crippen LogP contribution >= 0.6 is 0 Å². The molecular weight excluding hydrogens is 404 g/mol. The zero-order chi connectivity index (χ0) is 21.7. The molecule has 160 valence electrons. The molecule has 0 saturated heterocycles. The van der Waals surface area contributed by atoms with Gasteiger partial charge in [0.05, 0.1) is 0 Å². The highest BCUT2D eigenvalue weighted by Crippen LogP contribution is 2.25. The van der Waals surface area contributed by atoms with Gasteiger partial charge < -0.3 is 4.12 Å². The van der Waals surface area contributed by atoms with Gasteiger partial charge in [-0.1, -0.05) is 12.8 Å². The molecule has 2 heterocycles. The van der Waals surface area contributed by atoms with Crippen LogP contribution in [0.1, 0.15) is 25.7 Å².